The van der Waals surface area contributed by atoms with Gasteiger partial charge in [0.05, 0.1) is 10.5 Å². The van der Waals surface area contributed by atoms with Crippen molar-refractivity contribution in [3.8, 4) is 0 Å². The first kappa shape index (κ1) is 19.6. The molecule has 7 nitrogen and oxygen atoms in total. The fourth-order valence-corrected chi connectivity index (χ4v) is 3.13. The number of amides is 1. The van der Waals surface area contributed by atoms with Crippen molar-refractivity contribution in [3.63, 3.8) is 0 Å². The number of nitro benzene ring substituents is 1. The topological polar surface area (TPSA) is 88.4 Å². The predicted molar refractivity (Wildman–Crippen MR) is 94.9 cm³/mol. The van der Waals surface area contributed by atoms with E-state index in [1.54, 1.807) is 17.0 Å². The van der Waals surface area contributed by atoms with Crippen molar-refractivity contribution < 1.29 is 22.9 Å². The average Bonchev–Trinajstić information content (AvgIpc) is 2.68. The van der Waals surface area contributed by atoms with Crippen LogP contribution < -0.4 is 5.32 Å². The van der Waals surface area contributed by atoms with E-state index in [4.69, 9.17) is 0 Å². The largest absolute Gasteiger partial charge is 0.418 e. The molecule has 0 atom stereocenters. The Bertz CT molecular complexity index is 866. The minimum Gasteiger partial charge on any atom is -0.382 e. The van der Waals surface area contributed by atoms with E-state index >= 15 is 0 Å². The molecule has 0 aliphatic carbocycles. The van der Waals surface area contributed by atoms with Gasteiger partial charge in [0.1, 0.15) is 0 Å². The van der Waals surface area contributed by atoms with Crippen LogP contribution in [0.4, 0.5) is 24.5 Å². The van der Waals surface area contributed by atoms with Crippen molar-refractivity contribution in [1.82, 2.24) is 9.88 Å². The van der Waals surface area contributed by atoms with Crippen molar-refractivity contribution in [2.24, 2.45) is 0 Å². The van der Waals surface area contributed by atoms with Gasteiger partial charge in [0, 0.05) is 54.9 Å². The molecule has 1 aliphatic heterocycles. The number of likely N-dealkylation sites (tertiary alicyclic amines) is 1. The summed E-state index contributed by atoms with van der Waals surface area (Å²) in [4.78, 5) is 27.8. The summed E-state index contributed by atoms with van der Waals surface area (Å²) in [6.07, 6.45) is -0.744. The fourth-order valence-electron chi connectivity index (χ4n) is 3.13. The normalized spacial score (nSPS) is 15.3. The molecule has 0 unspecified atom stereocenters. The molecule has 1 aromatic carbocycles. The van der Waals surface area contributed by atoms with Gasteiger partial charge in [-0.3, -0.25) is 19.9 Å². The van der Waals surface area contributed by atoms with Gasteiger partial charge in [-0.15, -0.1) is 0 Å². The number of halogens is 3. The van der Waals surface area contributed by atoms with E-state index in [0.717, 1.165) is 12.1 Å². The molecule has 0 saturated carbocycles. The number of nitro groups is 1. The number of non-ortho nitro benzene ring substituents is 1. The van der Waals surface area contributed by atoms with Crippen LogP contribution in [-0.2, 0) is 6.18 Å². The maximum absolute atomic E-state index is 13.3. The highest BCUT2D eigenvalue weighted by Gasteiger charge is 2.36. The average molecular weight is 394 g/mol. The van der Waals surface area contributed by atoms with Crippen LogP contribution in [0.5, 0.6) is 0 Å². The molecule has 2 aromatic rings. The van der Waals surface area contributed by atoms with Crippen LogP contribution in [0.1, 0.15) is 28.8 Å². The number of nitrogens with zero attached hydrogens (tertiary/aromatic N) is 3. The first-order chi connectivity index (χ1) is 13.3. The molecule has 28 heavy (non-hydrogen) atoms. The molecule has 1 fully saturated rings. The van der Waals surface area contributed by atoms with Gasteiger partial charge in [-0.05, 0) is 31.0 Å². The Morgan fingerprint density at radius 2 is 1.82 bits per heavy atom. The Labute approximate surface area is 158 Å². The lowest BCUT2D eigenvalue weighted by atomic mass is 10.0. The number of hydrogen-bond donors (Lipinski definition) is 1. The standard InChI is InChI=1S/C18H17F3N4O3/c19-18(20,21)15-11-14(25(27)28)1-2-16(15)23-13-5-9-24(10-6-13)17(26)12-3-7-22-8-4-12/h1-4,7-8,11,13,23H,5-6,9-10H2. The second-order valence-electron chi connectivity index (χ2n) is 6.43. The summed E-state index contributed by atoms with van der Waals surface area (Å²) in [7, 11) is 0. The molecule has 1 aliphatic rings. The fraction of sp³-hybridized carbons (Fsp3) is 0.333. The number of rotatable bonds is 4. The third-order valence-corrected chi connectivity index (χ3v) is 4.59. The highest BCUT2D eigenvalue weighted by Crippen LogP contribution is 2.37. The molecule has 0 bridgehead atoms. The molecule has 2 heterocycles. The molecule has 1 aromatic heterocycles. The number of piperidine rings is 1. The summed E-state index contributed by atoms with van der Waals surface area (Å²) in [5, 5.41) is 13.6. The van der Waals surface area contributed by atoms with E-state index in [-0.39, 0.29) is 17.6 Å². The number of hydrogen-bond acceptors (Lipinski definition) is 5. The van der Waals surface area contributed by atoms with Crippen LogP contribution in [-0.4, -0.2) is 39.8 Å². The Hall–Kier alpha value is -3.17. The number of carbonyl (C=O) groups is 1. The van der Waals surface area contributed by atoms with Gasteiger partial charge in [0.25, 0.3) is 11.6 Å². The van der Waals surface area contributed by atoms with E-state index in [0.29, 0.717) is 37.6 Å². The lowest BCUT2D eigenvalue weighted by molar-refractivity contribution is -0.385. The quantitative estimate of drug-likeness (QED) is 0.631. The van der Waals surface area contributed by atoms with Gasteiger partial charge in [-0.1, -0.05) is 0 Å². The van der Waals surface area contributed by atoms with Gasteiger partial charge >= 0.3 is 6.18 Å². The number of alkyl halides is 3. The summed E-state index contributed by atoms with van der Waals surface area (Å²) < 4.78 is 39.8. The number of aromatic nitrogens is 1. The lowest BCUT2D eigenvalue weighted by Crippen LogP contribution is -2.42. The molecule has 148 valence electrons. The molecular weight excluding hydrogens is 377 g/mol. The maximum atomic E-state index is 13.3. The van der Waals surface area contributed by atoms with Gasteiger partial charge in [0.2, 0.25) is 0 Å². The van der Waals surface area contributed by atoms with Crippen molar-refractivity contribution in [2.45, 2.75) is 25.1 Å². The number of anilines is 1. The van der Waals surface area contributed by atoms with Gasteiger partial charge in [-0.25, -0.2) is 0 Å². The molecular formula is C18H17F3N4O3. The Morgan fingerprint density at radius 1 is 1.18 bits per heavy atom. The van der Waals surface area contributed by atoms with E-state index < -0.39 is 22.4 Å². The summed E-state index contributed by atoms with van der Waals surface area (Å²) in [5.74, 6) is -0.146. The van der Waals surface area contributed by atoms with Crippen LogP contribution in [0.15, 0.2) is 42.7 Å². The van der Waals surface area contributed by atoms with Crippen molar-refractivity contribution in [3.05, 3.63) is 64.0 Å². The van der Waals surface area contributed by atoms with Crippen LogP contribution >= 0.6 is 0 Å². The first-order valence-corrected chi connectivity index (χ1v) is 8.57. The van der Waals surface area contributed by atoms with Crippen molar-refractivity contribution in [1.29, 1.82) is 0 Å². The number of benzene rings is 1. The molecule has 1 N–H and O–H groups in total. The zero-order valence-electron chi connectivity index (χ0n) is 14.6. The molecule has 0 spiro atoms. The minimum absolute atomic E-state index is 0.146. The summed E-state index contributed by atoms with van der Waals surface area (Å²) in [5.41, 5.74) is -1.37. The molecule has 0 radical (unpaired) electrons. The third-order valence-electron chi connectivity index (χ3n) is 4.59. The Kier molecular flexibility index (Phi) is 5.48. The minimum atomic E-state index is -4.72. The SMILES string of the molecule is O=C(c1ccncc1)N1CCC(Nc2ccc([N+](=O)[O-])cc2C(F)(F)F)CC1. The highest BCUT2D eigenvalue weighted by atomic mass is 19.4. The van der Waals surface area contributed by atoms with Crippen LogP contribution in [0.3, 0.4) is 0 Å². The highest BCUT2D eigenvalue weighted by molar-refractivity contribution is 5.94. The smallest absolute Gasteiger partial charge is 0.382 e. The van der Waals surface area contributed by atoms with Crippen molar-refractivity contribution in [2.75, 3.05) is 18.4 Å². The summed E-state index contributed by atoms with van der Waals surface area (Å²) >= 11 is 0. The first-order valence-electron chi connectivity index (χ1n) is 8.57. The Morgan fingerprint density at radius 3 is 2.39 bits per heavy atom. The second-order valence-corrected chi connectivity index (χ2v) is 6.43. The van der Waals surface area contributed by atoms with Gasteiger partial charge < -0.3 is 10.2 Å². The van der Waals surface area contributed by atoms with Crippen molar-refractivity contribution >= 4 is 17.3 Å². The monoisotopic (exact) mass is 394 g/mol. The predicted octanol–water partition coefficient (Wildman–Crippen LogP) is 3.73. The summed E-state index contributed by atoms with van der Waals surface area (Å²) in [6.45, 7) is 0.792. The molecule has 3 rings (SSSR count). The zero-order chi connectivity index (χ0) is 20.3. The van der Waals surface area contributed by atoms with Gasteiger partial charge in [-0.2, -0.15) is 13.2 Å². The second kappa shape index (κ2) is 7.83. The van der Waals surface area contributed by atoms with Crippen LogP contribution in [0.25, 0.3) is 0 Å². The zero-order valence-corrected chi connectivity index (χ0v) is 14.6. The molecule has 1 amide bonds. The number of nitrogens with one attached hydrogen (secondary N) is 1. The summed E-state index contributed by atoms with van der Waals surface area (Å²) in [6, 6.07) is 5.60. The van der Waals surface area contributed by atoms with E-state index in [1.807, 2.05) is 0 Å². The van der Waals surface area contributed by atoms with E-state index in [2.05, 4.69) is 10.3 Å². The van der Waals surface area contributed by atoms with Gasteiger partial charge in [0.15, 0.2) is 0 Å². The van der Waals surface area contributed by atoms with E-state index in [9.17, 15) is 28.1 Å². The molecule has 1 saturated heterocycles. The third kappa shape index (κ3) is 4.38. The number of pyridine rings is 1. The lowest BCUT2D eigenvalue weighted by Gasteiger charge is -2.33. The maximum Gasteiger partial charge on any atom is 0.418 e. The molecule has 10 heteroatoms. The van der Waals surface area contributed by atoms with E-state index in [1.165, 1.54) is 12.4 Å². The van der Waals surface area contributed by atoms with Crippen LogP contribution in [0, 0.1) is 10.1 Å². The Balaban J connectivity index is 1.68. The number of carbonyl (C=O) groups excluding carboxylic acids is 1. The van der Waals surface area contributed by atoms with Crippen LogP contribution in [0.2, 0.25) is 0 Å².